The van der Waals surface area contributed by atoms with E-state index in [-0.39, 0.29) is 11.3 Å². The highest BCUT2D eigenvalue weighted by atomic mass is 16.2. The molecule has 1 aromatic carbocycles. The molecule has 0 fully saturated rings. The van der Waals surface area contributed by atoms with E-state index in [1.54, 1.807) is 24.0 Å². The van der Waals surface area contributed by atoms with E-state index in [0.717, 1.165) is 5.69 Å². The zero-order valence-corrected chi connectivity index (χ0v) is 12.5. The summed E-state index contributed by atoms with van der Waals surface area (Å²) in [5.74, 6) is -0.0221. The van der Waals surface area contributed by atoms with Crippen molar-refractivity contribution >= 4 is 11.6 Å². The topological polar surface area (TPSA) is 38.1 Å². The molecule has 0 unspecified atom stereocenters. The lowest BCUT2D eigenvalue weighted by Gasteiger charge is -2.30. The summed E-state index contributed by atoms with van der Waals surface area (Å²) >= 11 is 0. The van der Waals surface area contributed by atoms with Crippen LogP contribution in [0, 0.1) is 5.41 Å². The summed E-state index contributed by atoms with van der Waals surface area (Å²) in [6.45, 7) is 7.03. The van der Waals surface area contributed by atoms with Crippen molar-refractivity contribution < 1.29 is 4.79 Å². The molecule has 1 amide bonds. The zero-order valence-electron chi connectivity index (χ0n) is 12.5. The second-order valence-corrected chi connectivity index (χ2v) is 6.13. The van der Waals surface area contributed by atoms with E-state index in [0.29, 0.717) is 12.2 Å². The number of rotatable bonds is 3. The van der Waals surface area contributed by atoms with Crippen LogP contribution < -0.4 is 4.90 Å². The molecule has 0 saturated carbocycles. The van der Waals surface area contributed by atoms with Crippen molar-refractivity contribution in [1.82, 2.24) is 9.78 Å². The fourth-order valence-electron chi connectivity index (χ4n) is 2.08. The number of anilines is 1. The predicted octanol–water partition coefficient (Wildman–Crippen LogP) is 3.11. The van der Waals surface area contributed by atoms with Gasteiger partial charge in [0.15, 0.2) is 0 Å². The van der Waals surface area contributed by atoms with Gasteiger partial charge >= 0.3 is 0 Å². The van der Waals surface area contributed by atoms with E-state index >= 15 is 0 Å². The number of benzene rings is 1. The van der Waals surface area contributed by atoms with Crippen molar-refractivity contribution in [3.8, 4) is 0 Å². The van der Waals surface area contributed by atoms with Gasteiger partial charge in [-0.05, 0) is 23.6 Å². The highest BCUT2D eigenvalue weighted by Gasteiger charge is 2.25. The van der Waals surface area contributed by atoms with E-state index in [1.165, 1.54) is 0 Å². The van der Waals surface area contributed by atoms with Gasteiger partial charge in [0.1, 0.15) is 5.69 Å². The Morgan fingerprint density at radius 1 is 1.20 bits per heavy atom. The van der Waals surface area contributed by atoms with Crippen molar-refractivity contribution in [2.24, 2.45) is 12.5 Å². The number of nitrogens with zero attached hydrogens (tertiary/aromatic N) is 3. The van der Waals surface area contributed by atoms with Crippen LogP contribution in [0.3, 0.4) is 0 Å². The Kier molecular flexibility index (Phi) is 3.93. The van der Waals surface area contributed by atoms with Crippen LogP contribution in [0.15, 0.2) is 42.6 Å². The Balaban J connectivity index is 2.37. The number of aryl methyl sites for hydroxylation is 1. The first kappa shape index (κ1) is 14.3. The van der Waals surface area contributed by atoms with Crippen molar-refractivity contribution in [3.63, 3.8) is 0 Å². The molecule has 1 aromatic heterocycles. The molecule has 0 aliphatic rings. The third-order valence-electron chi connectivity index (χ3n) is 2.99. The monoisotopic (exact) mass is 271 g/mol. The minimum Gasteiger partial charge on any atom is -0.307 e. The van der Waals surface area contributed by atoms with Crippen LogP contribution in [-0.4, -0.2) is 22.2 Å². The molecule has 1 heterocycles. The number of carbonyl (C=O) groups excluding carboxylic acids is 1. The maximum atomic E-state index is 12.8. The van der Waals surface area contributed by atoms with Crippen molar-refractivity contribution in [1.29, 1.82) is 0 Å². The van der Waals surface area contributed by atoms with Gasteiger partial charge in [0, 0.05) is 25.5 Å². The van der Waals surface area contributed by atoms with Gasteiger partial charge in [-0.3, -0.25) is 9.48 Å². The summed E-state index contributed by atoms with van der Waals surface area (Å²) in [6, 6.07) is 11.5. The SMILES string of the molecule is Cn1nccc1C(=O)N(CC(C)(C)C)c1ccccc1. The molecule has 0 spiro atoms. The van der Waals surface area contributed by atoms with Crippen molar-refractivity contribution in [2.45, 2.75) is 20.8 Å². The van der Waals surface area contributed by atoms with Gasteiger partial charge in [-0.25, -0.2) is 0 Å². The third kappa shape index (κ3) is 3.26. The van der Waals surface area contributed by atoms with Crippen LogP contribution in [0.4, 0.5) is 5.69 Å². The molecule has 4 nitrogen and oxygen atoms in total. The largest absolute Gasteiger partial charge is 0.307 e. The van der Waals surface area contributed by atoms with E-state index in [4.69, 9.17) is 0 Å². The number of carbonyl (C=O) groups is 1. The van der Waals surface area contributed by atoms with E-state index in [2.05, 4.69) is 25.9 Å². The van der Waals surface area contributed by atoms with Gasteiger partial charge in [0.2, 0.25) is 0 Å². The minimum atomic E-state index is -0.0221. The summed E-state index contributed by atoms with van der Waals surface area (Å²) < 4.78 is 1.61. The summed E-state index contributed by atoms with van der Waals surface area (Å²) in [5, 5.41) is 4.08. The molecule has 2 aromatic rings. The standard InChI is InChI=1S/C16H21N3O/c1-16(2,3)12-19(13-8-6-5-7-9-13)15(20)14-10-11-17-18(14)4/h5-11H,12H2,1-4H3. The maximum absolute atomic E-state index is 12.8. The molecule has 0 bridgehead atoms. The molecule has 2 rings (SSSR count). The number of aromatic nitrogens is 2. The predicted molar refractivity (Wildman–Crippen MR) is 80.8 cm³/mol. The normalized spacial score (nSPS) is 11.4. The maximum Gasteiger partial charge on any atom is 0.276 e. The molecule has 0 aliphatic carbocycles. The second kappa shape index (κ2) is 5.49. The van der Waals surface area contributed by atoms with Gasteiger partial charge in [0.25, 0.3) is 5.91 Å². The second-order valence-electron chi connectivity index (χ2n) is 6.13. The van der Waals surface area contributed by atoms with Gasteiger partial charge in [-0.1, -0.05) is 39.0 Å². The van der Waals surface area contributed by atoms with E-state index < -0.39 is 0 Å². The highest BCUT2D eigenvalue weighted by Crippen LogP contribution is 2.23. The molecule has 0 radical (unpaired) electrons. The Hall–Kier alpha value is -2.10. The lowest BCUT2D eigenvalue weighted by atomic mass is 9.95. The lowest BCUT2D eigenvalue weighted by molar-refractivity contribution is 0.0968. The minimum absolute atomic E-state index is 0.0180. The third-order valence-corrected chi connectivity index (χ3v) is 2.99. The fraction of sp³-hybridized carbons (Fsp3) is 0.375. The average molecular weight is 271 g/mol. The van der Waals surface area contributed by atoms with Crippen LogP contribution >= 0.6 is 0 Å². The molecule has 0 atom stereocenters. The Bertz CT molecular complexity index is 581. The van der Waals surface area contributed by atoms with E-state index in [9.17, 15) is 4.79 Å². The van der Waals surface area contributed by atoms with Crippen LogP contribution in [-0.2, 0) is 7.05 Å². The quantitative estimate of drug-likeness (QED) is 0.860. The van der Waals surface area contributed by atoms with Gasteiger partial charge in [-0.15, -0.1) is 0 Å². The number of amides is 1. The van der Waals surface area contributed by atoms with Gasteiger partial charge < -0.3 is 4.90 Å². The first-order valence-corrected chi connectivity index (χ1v) is 6.73. The molecular formula is C16H21N3O. The Morgan fingerprint density at radius 3 is 2.35 bits per heavy atom. The van der Waals surface area contributed by atoms with Crippen LogP contribution in [0.1, 0.15) is 31.3 Å². The first-order chi connectivity index (χ1) is 9.38. The molecule has 0 aliphatic heterocycles. The molecule has 4 heteroatoms. The average Bonchev–Trinajstić information content (AvgIpc) is 2.81. The highest BCUT2D eigenvalue weighted by molar-refractivity contribution is 6.04. The fourth-order valence-corrected chi connectivity index (χ4v) is 2.08. The number of hydrogen-bond acceptors (Lipinski definition) is 2. The van der Waals surface area contributed by atoms with Crippen LogP contribution in [0.25, 0.3) is 0 Å². The first-order valence-electron chi connectivity index (χ1n) is 6.73. The van der Waals surface area contributed by atoms with Crippen molar-refractivity contribution in [2.75, 3.05) is 11.4 Å². The molecule has 0 saturated heterocycles. The number of hydrogen-bond donors (Lipinski definition) is 0. The smallest absolute Gasteiger partial charge is 0.276 e. The summed E-state index contributed by atoms with van der Waals surface area (Å²) in [6.07, 6.45) is 1.65. The molecule has 20 heavy (non-hydrogen) atoms. The zero-order chi connectivity index (χ0) is 14.8. The summed E-state index contributed by atoms with van der Waals surface area (Å²) in [7, 11) is 1.79. The molecule has 0 N–H and O–H groups in total. The Labute approximate surface area is 120 Å². The summed E-state index contributed by atoms with van der Waals surface area (Å²) in [5.41, 5.74) is 1.52. The molecular weight excluding hydrogens is 250 g/mol. The van der Waals surface area contributed by atoms with E-state index in [1.807, 2.05) is 35.2 Å². The van der Waals surface area contributed by atoms with Crippen LogP contribution in [0.2, 0.25) is 0 Å². The van der Waals surface area contributed by atoms with Crippen LogP contribution in [0.5, 0.6) is 0 Å². The van der Waals surface area contributed by atoms with Crippen molar-refractivity contribution in [3.05, 3.63) is 48.3 Å². The summed E-state index contributed by atoms with van der Waals surface area (Å²) in [4.78, 5) is 14.6. The van der Waals surface area contributed by atoms with Gasteiger partial charge in [-0.2, -0.15) is 5.10 Å². The lowest BCUT2D eigenvalue weighted by Crippen LogP contribution is -2.38. The Morgan fingerprint density at radius 2 is 1.85 bits per heavy atom. The number of para-hydroxylation sites is 1. The van der Waals surface area contributed by atoms with Gasteiger partial charge in [0.05, 0.1) is 0 Å². The molecule has 106 valence electrons.